The first-order valence-electron chi connectivity index (χ1n) is 7.04. The highest BCUT2D eigenvalue weighted by Gasteiger charge is 2.26. The maximum absolute atomic E-state index is 11.9. The molecule has 1 aliphatic heterocycles. The molecule has 1 aliphatic rings. The minimum Gasteiger partial charge on any atom is -0.444 e. The lowest BCUT2D eigenvalue weighted by Gasteiger charge is -2.33. The number of carbonyl (C=O) groups is 1. The van der Waals surface area contributed by atoms with Crippen LogP contribution in [0, 0.1) is 5.92 Å². The Hall–Kier alpha value is -0.290. The molecule has 0 spiro atoms. The van der Waals surface area contributed by atoms with E-state index in [1.165, 1.54) is 0 Å². The van der Waals surface area contributed by atoms with Gasteiger partial charge < -0.3 is 14.4 Å². The summed E-state index contributed by atoms with van der Waals surface area (Å²) in [5.74, 6) is 0.578. The number of ether oxygens (including phenoxy) is 2. The Kier molecular flexibility index (Phi) is 7.15. The fraction of sp³-hybridized carbons (Fsp3) is 0.929. The van der Waals surface area contributed by atoms with Crippen molar-refractivity contribution in [3.8, 4) is 0 Å². The zero-order chi connectivity index (χ0) is 14.3. The molecule has 0 aromatic heterocycles. The predicted molar refractivity (Wildman–Crippen MR) is 79.8 cm³/mol. The summed E-state index contributed by atoms with van der Waals surface area (Å²) in [5.41, 5.74) is -0.410. The highest BCUT2D eigenvalue weighted by molar-refractivity contribution is 9.09. The molecule has 1 rings (SSSR count). The minimum atomic E-state index is -0.410. The van der Waals surface area contributed by atoms with Crippen LogP contribution in [0.15, 0.2) is 0 Å². The van der Waals surface area contributed by atoms with Crippen LogP contribution >= 0.6 is 15.9 Å². The van der Waals surface area contributed by atoms with Gasteiger partial charge in [0.2, 0.25) is 0 Å². The number of rotatable bonds is 5. The van der Waals surface area contributed by atoms with Crippen LogP contribution in [0.5, 0.6) is 0 Å². The molecule has 112 valence electrons. The van der Waals surface area contributed by atoms with E-state index in [0.717, 1.165) is 50.9 Å². The van der Waals surface area contributed by atoms with Crippen molar-refractivity contribution in [3.63, 3.8) is 0 Å². The molecule has 0 bridgehead atoms. The minimum absolute atomic E-state index is 0.189. The van der Waals surface area contributed by atoms with E-state index in [0.29, 0.717) is 5.92 Å². The smallest absolute Gasteiger partial charge is 0.410 e. The van der Waals surface area contributed by atoms with Crippen molar-refractivity contribution in [3.05, 3.63) is 0 Å². The first-order valence-corrected chi connectivity index (χ1v) is 8.16. The highest BCUT2D eigenvalue weighted by Crippen LogP contribution is 2.20. The molecule has 0 radical (unpaired) electrons. The average Bonchev–Trinajstić information content (AvgIpc) is 2.33. The number of carbonyl (C=O) groups excluding carboxylic acids is 1. The summed E-state index contributed by atoms with van der Waals surface area (Å²) in [6.45, 7) is 8.88. The Labute approximate surface area is 124 Å². The molecular formula is C14H26BrNO3. The third-order valence-electron chi connectivity index (χ3n) is 3.04. The molecule has 1 saturated heterocycles. The highest BCUT2D eigenvalue weighted by atomic mass is 79.9. The Morgan fingerprint density at radius 2 is 1.95 bits per heavy atom. The first-order chi connectivity index (χ1) is 8.92. The van der Waals surface area contributed by atoms with Gasteiger partial charge in [-0.15, -0.1) is 0 Å². The fourth-order valence-corrected chi connectivity index (χ4v) is 2.24. The van der Waals surface area contributed by atoms with Gasteiger partial charge in [-0.05, 0) is 46.0 Å². The van der Waals surface area contributed by atoms with E-state index in [9.17, 15) is 4.79 Å². The van der Waals surface area contributed by atoms with Gasteiger partial charge in [0, 0.05) is 31.6 Å². The molecule has 1 amide bonds. The van der Waals surface area contributed by atoms with Crippen LogP contribution < -0.4 is 0 Å². The monoisotopic (exact) mass is 335 g/mol. The summed E-state index contributed by atoms with van der Waals surface area (Å²) >= 11 is 3.39. The molecule has 1 heterocycles. The largest absolute Gasteiger partial charge is 0.444 e. The molecule has 19 heavy (non-hydrogen) atoms. The molecule has 1 fully saturated rings. The molecule has 0 atom stereocenters. The van der Waals surface area contributed by atoms with Gasteiger partial charge in [0.1, 0.15) is 5.60 Å². The van der Waals surface area contributed by atoms with Crippen LogP contribution in [0.1, 0.15) is 40.0 Å². The molecule has 0 N–H and O–H groups in total. The maximum atomic E-state index is 11.9. The first kappa shape index (κ1) is 16.8. The Morgan fingerprint density at radius 1 is 1.32 bits per heavy atom. The van der Waals surface area contributed by atoms with Crippen molar-refractivity contribution in [1.29, 1.82) is 0 Å². The van der Waals surface area contributed by atoms with Gasteiger partial charge in [0.25, 0.3) is 0 Å². The van der Waals surface area contributed by atoms with Crippen molar-refractivity contribution in [2.75, 3.05) is 31.6 Å². The Bertz CT molecular complexity index is 270. The molecule has 0 aromatic rings. The topological polar surface area (TPSA) is 38.8 Å². The van der Waals surface area contributed by atoms with Gasteiger partial charge >= 0.3 is 6.09 Å². The lowest BCUT2D eigenvalue weighted by atomic mass is 9.98. The van der Waals surface area contributed by atoms with Crippen LogP contribution in [-0.4, -0.2) is 48.2 Å². The summed E-state index contributed by atoms with van der Waals surface area (Å²) in [4.78, 5) is 13.7. The number of hydrogen-bond donors (Lipinski definition) is 0. The standard InChI is InChI=1S/C14H26BrNO3/c1-14(2,3)19-13(17)16-8-5-12(6-9-16)11-18-10-4-7-15/h12H,4-11H2,1-3H3. The number of nitrogens with zero attached hydrogens (tertiary/aromatic N) is 1. The number of amides is 1. The second kappa shape index (κ2) is 8.10. The second-order valence-corrected chi connectivity index (χ2v) is 6.82. The van der Waals surface area contributed by atoms with Gasteiger partial charge in [-0.2, -0.15) is 0 Å². The quantitative estimate of drug-likeness (QED) is 0.570. The zero-order valence-electron chi connectivity index (χ0n) is 12.3. The van der Waals surface area contributed by atoms with Gasteiger partial charge in [0.15, 0.2) is 0 Å². The predicted octanol–water partition coefficient (Wildman–Crippen LogP) is 3.44. The van der Waals surface area contributed by atoms with Gasteiger partial charge in [0.05, 0.1) is 0 Å². The molecular weight excluding hydrogens is 310 g/mol. The maximum Gasteiger partial charge on any atom is 0.410 e. The van der Waals surface area contributed by atoms with E-state index in [4.69, 9.17) is 9.47 Å². The van der Waals surface area contributed by atoms with Crippen molar-refractivity contribution in [2.24, 2.45) is 5.92 Å². The van der Waals surface area contributed by atoms with Crippen LogP contribution in [0.2, 0.25) is 0 Å². The Morgan fingerprint density at radius 3 is 2.47 bits per heavy atom. The summed E-state index contributed by atoms with van der Waals surface area (Å²) in [6.07, 6.45) is 2.88. The summed E-state index contributed by atoms with van der Waals surface area (Å²) < 4.78 is 11.0. The lowest BCUT2D eigenvalue weighted by Crippen LogP contribution is -2.42. The zero-order valence-corrected chi connectivity index (χ0v) is 13.9. The normalized spacial score (nSPS) is 17.6. The van der Waals surface area contributed by atoms with Gasteiger partial charge in [-0.3, -0.25) is 0 Å². The summed E-state index contributed by atoms with van der Waals surface area (Å²) in [7, 11) is 0. The summed E-state index contributed by atoms with van der Waals surface area (Å²) in [6, 6.07) is 0. The van der Waals surface area contributed by atoms with E-state index in [-0.39, 0.29) is 6.09 Å². The average molecular weight is 336 g/mol. The van der Waals surface area contributed by atoms with Crippen LogP contribution in [0.4, 0.5) is 4.79 Å². The van der Waals surface area contributed by atoms with E-state index in [1.54, 1.807) is 4.90 Å². The van der Waals surface area contributed by atoms with E-state index in [1.807, 2.05) is 20.8 Å². The Balaban J connectivity index is 2.19. The van der Waals surface area contributed by atoms with E-state index in [2.05, 4.69) is 15.9 Å². The van der Waals surface area contributed by atoms with E-state index < -0.39 is 5.60 Å². The number of halogens is 1. The molecule has 4 nitrogen and oxygen atoms in total. The van der Waals surface area contributed by atoms with Crippen molar-refractivity contribution in [1.82, 2.24) is 4.90 Å². The number of hydrogen-bond acceptors (Lipinski definition) is 3. The van der Waals surface area contributed by atoms with E-state index >= 15 is 0 Å². The third-order valence-corrected chi connectivity index (χ3v) is 3.60. The third kappa shape index (κ3) is 7.16. The molecule has 5 heteroatoms. The molecule has 0 aromatic carbocycles. The van der Waals surface area contributed by atoms with Crippen LogP contribution in [0.25, 0.3) is 0 Å². The SMILES string of the molecule is CC(C)(C)OC(=O)N1CCC(COCCCBr)CC1. The lowest BCUT2D eigenvalue weighted by molar-refractivity contribution is 0.0118. The fourth-order valence-electron chi connectivity index (χ4n) is 2.02. The van der Waals surface area contributed by atoms with Gasteiger partial charge in [-0.1, -0.05) is 15.9 Å². The molecule has 0 aliphatic carbocycles. The number of alkyl halides is 1. The molecule has 0 saturated carbocycles. The van der Waals surface area contributed by atoms with Crippen molar-refractivity contribution in [2.45, 2.75) is 45.6 Å². The second-order valence-electron chi connectivity index (χ2n) is 6.03. The number of likely N-dealkylation sites (tertiary alicyclic amines) is 1. The molecule has 0 unspecified atom stereocenters. The van der Waals surface area contributed by atoms with Crippen molar-refractivity contribution >= 4 is 22.0 Å². The summed E-state index contributed by atoms with van der Waals surface area (Å²) in [5, 5.41) is 0.990. The van der Waals surface area contributed by atoms with Crippen molar-refractivity contribution < 1.29 is 14.3 Å². The number of piperidine rings is 1. The van der Waals surface area contributed by atoms with Gasteiger partial charge in [-0.25, -0.2) is 4.79 Å². The van der Waals surface area contributed by atoms with Crippen LogP contribution in [-0.2, 0) is 9.47 Å². The van der Waals surface area contributed by atoms with Crippen LogP contribution in [0.3, 0.4) is 0 Å².